The number of aromatic nitrogens is 2. The van der Waals surface area contributed by atoms with Gasteiger partial charge in [0.05, 0.1) is 63.7 Å². The van der Waals surface area contributed by atoms with E-state index in [2.05, 4.69) is 4.98 Å². The van der Waals surface area contributed by atoms with Gasteiger partial charge in [-0.3, -0.25) is 9.36 Å². The Balaban J connectivity index is 0.00000117. The number of thioether (sulfide) groups is 1. The van der Waals surface area contributed by atoms with Gasteiger partial charge in [0, 0.05) is 35.4 Å². The van der Waals surface area contributed by atoms with Crippen LogP contribution in [0.1, 0.15) is 44.0 Å². The number of halogens is 7. The second-order valence-corrected chi connectivity index (χ2v) is 17.6. The number of alkyl halides is 3. The minimum atomic E-state index is -5.19. The van der Waals surface area contributed by atoms with Crippen LogP contribution in [0, 0.1) is 17.5 Å². The molecule has 0 aliphatic heterocycles. The quantitative estimate of drug-likeness (QED) is 0.0568. The molecule has 11 nitrogen and oxygen atoms in total. The maximum absolute atomic E-state index is 15.7. The molecule has 4 rings (SSSR count). The number of benzene rings is 3. The lowest BCUT2D eigenvalue weighted by Gasteiger charge is -2.29. The van der Waals surface area contributed by atoms with Gasteiger partial charge in [0.1, 0.15) is 35.2 Å². The Kier molecular flexibility index (Phi) is 15.9. The molecule has 0 N–H and O–H groups in total. The highest BCUT2D eigenvalue weighted by Crippen LogP contribution is 2.39. The molecule has 20 heteroatoms. The first-order valence-corrected chi connectivity index (χ1v) is 20.0. The Morgan fingerprint density at radius 3 is 2.07 bits per heavy atom. The normalized spacial score (nSPS) is 12.8. The van der Waals surface area contributed by atoms with Crippen LogP contribution in [0.2, 0.25) is 5.02 Å². The van der Waals surface area contributed by atoms with Gasteiger partial charge >= 0.3 is 12.1 Å². The molecule has 0 aliphatic carbocycles. The number of rotatable bonds is 15. The van der Waals surface area contributed by atoms with Crippen molar-refractivity contribution < 1.29 is 63.4 Å². The van der Waals surface area contributed by atoms with Crippen LogP contribution in [0.5, 0.6) is 5.75 Å². The third-order valence-electron chi connectivity index (χ3n) is 8.81. The van der Waals surface area contributed by atoms with Crippen molar-refractivity contribution in [2.75, 3.05) is 48.5 Å². The van der Waals surface area contributed by atoms with E-state index in [9.17, 15) is 30.8 Å². The van der Waals surface area contributed by atoms with E-state index < -0.39 is 61.9 Å². The molecule has 0 saturated carbocycles. The minimum absolute atomic E-state index is 0.0670. The van der Waals surface area contributed by atoms with Crippen LogP contribution in [-0.4, -0.2) is 99.4 Å². The van der Waals surface area contributed by atoms with Crippen LogP contribution in [0.4, 0.5) is 26.3 Å². The Bertz CT molecular complexity index is 2170. The van der Waals surface area contributed by atoms with Gasteiger partial charge in [0.25, 0.3) is 0 Å². The zero-order valence-electron chi connectivity index (χ0n) is 32.8. The summed E-state index contributed by atoms with van der Waals surface area (Å²) in [5.74, 6) is -6.17. The zero-order chi connectivity index (χ0) is 44.0. The highest BCUT2D eigenvalue weighted by molar-refractivity contribution is 7.98. The maximum atomic E-state index is 15.7. The van der Waals surface area contributed by atoms with E-state index in [0.29, 0.717) is 44.8 Å². The van der Waals surface area contributed by atoms with Gasteiger partial charge in [-0.2, -0.15) is 17.5 Å². The van der Waals surface area contributed by atoms with E-state index in [1.165, 1.54) is 26.2 Å². The summed E-state index contributed by atoms with van der Waals surface area (Å²) in [6.07, 6.45) is -3.17. The average Bonchev–Trinajstić information content (AvgIpc) is 3.57. The molecule has 4 aromatic rings. The SMILES string of the molecule is COC(=O)[C@@H](C)N(CCC[N+](C)(C)C)S(=O)(=O)c1cc(F)c(CSc2ncc(C(C)(C)c3ccc(Cl)c(OC)c3)n2-c2ccc(F)cc2)c(F)c1.O=C([O-])C(F)(F)F. The van der Waals surface area contributed by atoms with Crippen molar-refractivity contribution in [2.24, 2.45) is 0 Å². The third-order valence-corrected chi connectivity index (χ3v) is 12.0. The molecule has 58 heavy (non-hydrogen) atoms. The topological polar surface area (TPSA) is 131 Å². The number of nitrogens with zero attached hydrogens (tertiary/aromatic N) is 4. The van der Waals surface area contributed by atoms with Crippen LogP contribution >= 0.6 is 23.4 Å². The monoisotopic (exact) mass is 880 g/mol. The van der Waals surface area contributed by atoms with Gasteiger partial charge in [-0.05, 0) is 61.0 Å². The van der Waals surface area contributed by atoms with Gasteiger partial charge in [0.15, 0.2) is 5.16 Å². The highest BCUT2D eigenvalue weighted by Gasteiger charge is 2.36. The summed E-state index contributed by atoms with van der Waals surface area (Å²) in [4.78, 5) is 25.2. The van der Waals surface area contributed by atoms with E-state index >= 15 is 8.78 Å². The first kappa shape index (κ1) is 48.1. The number of carboxylic acids is 1. The molecule has 1 atom stereocenters. The lowest BCUT2D eigenvalue weighted by molar-refractivity contribution is -0.870. The second kappa shape index (κ2) is 19.2. The van der Waals surface area contributed by atoms with Gasteiger partial charge < -0.3 is 23.9 Å². The number of carbonyl (C=O) groups is 2. The molecule has 3 aromatic carbocycles. The number of quaternary nitrogens is 1. The molecule has 1 heterocycles. The van der Waals surface area contributed by atoms with Crippen molar-refractivity contribution in [1.82, 2.24) is 13.9 Å². The van der Waals surface area contributed by atoms with E-state index in [1.54, 1.807) is 29.0 Å². The molecule has 1 aromatic heterocycles. The molecule has 0 amide bonds. The standard InChI is InChI=1S/C36H43ClF3N4O5S2.C2HF3O2/c1-23(34(45)49-8)42(16-9-17-44(4,5)6)51(46,47)27-19-30(39)28(31(40)20-27)22-50-35-41-21-33(43(35)26-13-11-25(38)12-14-26)36(2,3)24-10-15-29(37)32(18-24)48-7;3-2(4,5)1(6)7/h10-15,18-21,23H,9,16-17,22H2,1-8H3;(H,6,7)/q+1;/p-1/t23-;/m1./s1. The molecule has 0 unspecified atom stereocenters. The Morgan fingerprint density at radius 1 is 1.00 bits per heavy atom. The molecule has 0 fully saturated rings. The Labute approximate surface area is 342 Å². The molecule has 0 radical (unpaired) electrons. The summed E-state index contributed by atoms with van der Waals surface area (Å²) >= 11 is 7.31. The summed E-state index contributed by atoms with van der Waals surface area (Å²) in [5.41, 5.74) is 1.02. The molecular formula is C38H43ClF6N4O7S2. The molecule has 0 bridgehead atoms. The van der Waals surface area contributed by atoms with E-state index in [0.717, 1.165) is 40.9 Å². The van der Waals surface area contributed by atoms with Crippen molar-refractivity contribution in [2.45, 2.75) is 60.6 Å². The van der Waals surface area contributed by atoms with E-state index in [-0.39, 0.29) is 17.9 Å². The lowest BCUT2D eigenvalue weighted by atomic mass is 9.81. The van der Waals surface area contributed by atoms with Gasteiger partial charge in [-0.25, -0.2) is 26.6 Å². The van der Waals surface area contributed by atoms with Crippen molar-refractivity contribution in [3.63, 3.8) is 0 Å². The first-order chi connectivity index (χ1) is 26.8. The number of imidazole rings is 1. The smallest absolute Gasteiger partial charge is 0.430 e. The van der Waals surface area contributed by atoms with E-state index in [4.69, 9.17) is 31.0 Å². The summed E-state index contributed by atoms with van der Waals surface area (Å²) in [6.45, 7) is 5.82. The second-order valence-electron chi connectivity index (χ2n) is 14.3. The van der Waals surface area contributed by atoms with Crippen LogP contribution in [-0.2, 0) is 35.5 Å². The summed E-state index contributed by atoms with van der Waals surface area (Å²) < 4.78 is 118. The van der Waals surface area contributed by atoms with Gasteiger partial charge in [-0.15, -0.1) is 0 Å². The Hall–Kier alpha value is -4.30. The Morgan fingerprint density at radius 2 is 1.57 bits per heavy atom. The minimum Gasteiger partial charge on any atom is -0.542 e. The van der Waals surface area contributed by atoms with Crippen LogP contribution in [0.25, 0.3) is 5.69 Å². The fourth-order valence-electron chi connectivity index (χ4n) is 5.56. The highest BCUT2D eigenvalue weighted by atomic mass is 35.5. The zero-order valence-corrected chi connectivity index (χ0v) is 35.2. The van der Waals surface area contributed by atoms with Crippen LogP contribution in [0.15, 0.2) is 70.8 Å². The number of hydrogen-bond donors (Lipinski definition) is 0. The third kappa shape index (κ3) is 11.9. The maximum Gasteiger partial charge on any atom is 0.430 e. The summed E-state index contributed by atoms with van der Waals surface area (Å²) in [6, 6.07) is 11.4. The number of ether oxygens (including phenoxy) is 2. The van der Waals surface area contributed by atoms with Crippen molar-refractivity contribution in [3.8, 4) is 11.4 Å². The van der Waals surface area contributed by atoms with E-state index in [1.807, 2.05) is 47.1 Å². The predicted molar refractivity (Wildman–Crippen MR) is 204 cm³/mol. The molecule has 318 valence electrons. The number of hydrogen-bond acceptors (Lipinski definition) is 9. The van der Waals surface area contributed by atoms with Crippen molar-refractivity contribution in [3.05, 3.63) is 100 Å². The number of aliphatic carboxylic acids is 1. The first-order valence-electron chi connectivity index (χ1n) is 17.2. The number of carbonyl (C=O) groups excluding carboxylic acids is 2. The molecule has 0 spiro atoms. The molecular weight excluding hydrogens is 838 g/mol. The van der Waals surface area contributed by atoms with Gasteiger partial charge in [0.2, 0.25) is 10.0 Å². The number of carboxylic acid groups (broad SMARTS) is 1. The fraction of sp³-hybridized carbons (Fsp3) is 0.395. The molecule has 0 saturated heterocycles. The van der Waals surface area contributed by atoms with Crippen LogP contribution < -0.4 is 9.84 Å². The largest absolute Gasteiger partial charge is 0.542 e. The fourth-order valence-corrected chi connectivity index (χ4v) is 8.41. The van der Waals surface area contributed by atoms with Crippen molar-refractivity contribution >= 4 is 45.3 Å². The number of sulfonamides is 1. The van der Waals surface area contributed by atoms with Crippen molar-refractivity contribution in [1.29, 1.82) is 0 Å². The molecule has 0 aliphatic rings. The number of methoxy groups -OCH3 is 2. The summed E-state index contributed by atoms with van der Waals surface area (Å²) in [7, 11) is 3.95. The lowest BCUT2D eigenvalue weighted by Crippen LogP contribution is -2.46. The van der Waals surface area contributed by atoms with Crippen LogP contribution in [0.3, 0.4) is 0 Å². The number of esters is 1. The predicted octanol–water partition coefficient (Wildman–Crippen LogP) is 6.52. The average molecular weight is 881 g/mol. The summed E-state index contributed by atoms with van der Waals surface area (Å²) in [5, 5.41) is 9.58. The van der Waals surface area contributed by atoms with Gasteiger partial charge in [-0.1, -0.05) is 43.3 Å².